The SMILES string of the molecule is N#Cc1cccc(S(=O)(=O)CCSc2nccs2)c1. The van der Waals surface area contributed by atoms with Crippen molar-refractivity contribution in [2.75, 3.05) is 11.5 Å². The van der Waals surface area contributed by atoms with Gasteiger partial charge in [0, 0.05) is 17.3 Å². The number of hydrogen-bond donors (Lipinski definition) is 0. The van der Waals surface area contributed by atoms with Crippen molar-refractivity contribution in [1.82, 2.24) is 4.98 Å². The minimum absolute atomic E-state index is 0.0339. The van der Waals surface area contributed by atoms with Gasteiger partial charge in [0.05, 0.1) is 22.3 Å². The van der Waals surface area contributed by atoms with Crippen LogP contribution in [0, 0.1) is 11.3 Å². The fourth-order valence-electron chi connectivity index (χ4n) is 1.40. The largest absolute Gasteiger partial charge is 0.238 e. The van der Waals surface area contributed by atoms with Crippen LogP contribution in [0.2, 0.25) is 0 Å². The molecule has 0 amide bonds. The molecule has 2 aromatic rings. The lowest BCUT2D eigenvalue weighted by molar-refractivity contribution is 0.597. The summed E-state index contributed by atoms with van der Waals surface area (Å²) in [4.78, 5) is 4.28. The molecule has 0 spiro atoms. The maximum absolute atomic E-state index is 12.1. The van der Waals surface area contributed by atoms with E-state index in [1.807, 2.05) is 11.4 Å². The molecule has 1 aromatic heterocycles. The van der Waals surface area contributed by atoms with Crippen LogP contribution in [0.4, 0.5) is 0 Å². The second-order valence-electron chi connectivity index (χ2n) is 3.60. The van der Waals surface area contributed by atoms with Crippen molar-refractivity contribution in [1.29, 1.82) is 5.26 Å². The number of rotatable bonds is 5. The van der Waals surface area contributed by atoms with Gasteiger partial charge in [-0.1, -0.05) is 17.8 Å². The summed E-state index contributed by atoms with van der Waals surface area (Å²) in [5.41, 5.74) is 0.355. The molecular weight excluding hydrogens is 300 g/mol. The van der Waals surface area contributed by atoms with E-state index in [4.69, 9.17) is 5.26 Å². The van der Waals surface area contributed by atoms with Crippen molar-refractivity contribution >= 4 is 32.9 Å². The molecule has 19 heavy (non-hydrogen) atoms. The van der Waals surface area contributed by atoms with E-state index >= 15 is 0 Å². The van der Waals surface area contributed by atoms with E-state index in [-0.39, 0.29) is 10.6 Å². The monoisotopic (exact) mass is 310 g/mol. The van der Waals surface area contributed by atoms with Crippen molar-refractivity contribution in [2.45, 2.75) is 9.24 Å². The predicted molar refractivity (Wildman–Crippen MR) is 76.0 cm³/mol. The summed E-state index contributed by atoms with van der Waals surface area (Å²) >= 11 is 2.91. The summed E-state index contributed by atoms with van der Waals surface area (Å²) in [6.45, 7) is 0. The number of hydrogen-bond acceptors (Lipinski definition) is 6. The van der Waals surface area contributed by atoms with Crippen LogP contribution in [0.3, 0.4) is 0 Å². The summed E-state index contributed by atoms with van der Waals surface area (Å²) in [6.07, 6.45) is 1.69. The first kappa shape index (κ1) is 14.1. The second kappa shape index (κ2) is 6.19. The highest BCUT2D eigenvalue weighted by Crippen LogP contribution is 2.21. The maximum atomic E-state index is 12.1. The minimum Gasteiger partial charge on any atom is -0.238 e. The molecule has 0 aliphatic heterocycles. The standard InChI is InChI=1S/C12H10N2O2S3/c13-9-10-2-1-3-11(8-10)19(15,16)7-6-18-12-14-4-5-17-12/h1-5,8H,6-7H2. The zero-order chi connectivity index (χ0) is 13.7. The van der Waals surface area contributed by atoms with Gasteiger partial charge in [-0.05, 0) is 18.2 Å². The van der Waals surface area contributed by atoms with E-state index in [1.54, 1.807) is 18.3 Å². The quantitative estimate of drug-likeness (QED) is 0.794. The van der Waals surface area contributed by atoms with Crippen LogP contribution < -0.4 is 0 Å². The molecule has 1 aromatic carbocycles. The van der Waals surface area contributed by atoms with Crippen molar-refractivity contribution < 1.29 is 8.42 Å². The van der Waals surface area contributed by atoms with Gasteiger partial charge < -0.3 is 0 Å². The lowest BCUT2D eigenvalue weighted by Crippen LogP contribution is -2.09. The highest BCUT2D eigenvalue weighted by Gasteiger charge is 2.15. The lowest BCUT2D eigenvalue weighted by Gasteiger charge is -2.03. The molecule has 0 bridgehead atoms. The summed E-state index contributed by atoms with van der Waals surface area (Å²) in [5, 5.41) is 10.6. The van der Waals surface area contributed by atoms with E-state index in [2.05, 4.69) is 4.98 Å². The number of nitrogens with zero attached hydrogens (tertiary/aromatic N) is 2. The van der Waals surface area contributed by atoms with Gasteiger partial charge in [0.2, 0.25) is 0 Å². The van der Waals surface area contributed by atoms with E-state index in [9.17, 15) is 8.42 Å². The van der Waals surface area contributed by atoms with Crippen molar-refractivity contribution in [2.24, 2.45) is 0 Å². The van der Waals surface area contributed by atoms with Crippen LogP contribution in [0.25, 0.3) is 0 Å². The molecule has 1 heterocycles. The summed E-state index contributed by atoms with van der Waals surface area (Å²) in [5.74, 6) is 0.485. The lowest BCUT2D eigenvalue weighted by atomic mass is 10.2. The normalized spacial score (nSPS) is 11.1. The van der Waals surface area contributed by atoms with Gasteiger partial charge in [0.15, 0.2) is 9.84 Å². The molecule has 2 rings (SSSR count). The second-order valence-corrected chi connectivity index (χ2v) is 7.95. The third-order valence-corrected chi connectivity index (χ3v) is 6.25. The zero-order valence-electron chi connectivity index (χ0n) is 9.81. The van der Waals surface area contributed by atoms with E-state index in [0.29, 0.717) is 11.3 Å². The number of aromatic nitrogens is 1. The summed E-state index contributed by atoms with van der Waals surface area (Å²) in [7, 11) is -3.34. The maximum Gasteiger partial charge on any atom is 0.179 e. The van der Waals surface area contributed by atoms with Crippen LogP contribution in [-0.2, 0) is 9.84 Å². The Hall–Kier alpha value is -1.36. The van der Waals surface area contributed by atoms with Crippen LogP contribution in [0.15, 0.2) is 45.1 Å². The number of thioether (sulfide) groups is 1. The van der Waals surface area contributed by atoms with Gasteiger partial charge in [-0.2, -0.15) is 5.26 Å². The van der Waals surface area contributed by atoms with Gasteiger partial charge in [-0.3, -0.25) is 0 Å². The molecule has 7 heteroatoms. The molecule has 0 radical (unpaired) electrons. The predicted octanol–water partition coefficient (Wildman–Crippen LogP) is 2.58. The van der Waals surface area contributed by atoms with Crippen LogP contribution in [0.1, 0.15) is 5.56 Å². The van der Waals surface area contributed by atoms with E-state index < -0.39 is 9.84 Å². The average molecular weight is 310 g/mol. The fraction of sp³-hybridized carbons (Fsp3) is 0.167. The molecule has 0 saturated carbocycles. The van der Waals surface area contributed by atoms with Gasteiger partial charge in [0.1, 0.15) is 4.34 Å². The van der Waals surface area contributed by atoms with Crippen LogP contribution >= 0.6 is 23.1 Å². The van der Waals surface area contributed by atoms with Crippen LogP contribution in [-0.4, -0.2) is 24.9 Å². The Morgan fingerprint density at radius 2 is 2.26 bits per heavy atom. The number of benzene rings is 1. The average Bonchev–Trinajstić information content (AvgIpc) is 2.92. The molecule has 0 atom stereocenters. The molecule has 4 nitrogen and oxygen atoms in total. The molecule has 98 valence electrons. The first-order chi connectivity index (χ1) is 9.12. The Bertz CT molecular complexity index is 688. The van der Waals surface area contributed by atoms with Crippen molar-refractivity contribution in [3.63, 3.8) is 0 Å². The first-order valence-electron chi connectivity index (χ1n) is 5.37. The minimum atomic E-state index is -3.34. The molecule has 0 unspecified atom stereocenters. The Morgan fingerprint density at radius 1 is 1.42 bits per heavy atom. The molecule has 0 saturated heterocycles. The third kappa shape index (κ3) is 3.80. The summed E-state index contributed by atoms with van der Waals surface area (Å²) < 4.78 is 25.0. The molecule has 0 aliphatic carbocycles. The molecule has 0 aliphatic rings. The highest BCUT2D eigenvalue weighted by atomic mass is 32.2. The first-order valence-corrected chi connectivity index (χ1v) is 8.89. The summed E-state index contributed by atoms with van der Waals surface area (Å²) in [6, 6.07) is 8.03. The number of nitriles is 1. The van der Waals surface area contributed by atoms with Crippen LogP contribution in [0.5, 0.6) is 0 Å². The Labute approximate surface area is 120 Å². The number of thiazole rings is 1. The number of sulfone groups is 1. The Kier molecular flexibility index (Phi) is 4.58. The van der Waals surface area contributed by atoms with Gasteiger partial charge in [0.25, 0.3) is 0 Å². The van der Waals surface area contributed by atoms with Crippen molar-refractivity contribution in [3.05, 3.63) is 41.4 Å². The smallest absolute Gasteiger partial charge is 0.179 e. The Morgan fingerprint density at radius 3 is 2.95 bits per heavy atom. The fourth-order valence-corrected chi connectivity index (χ4v) is 4.80. The van der Waals surface area contributed by atoms with Gasteiger partial charge in [-0.15, -0.1) is 11.3 Å². The molecular formula is C12H10N2O2S3. The van der Waals surface area contributed by atoms with Gasteiger partial charge in [-0.25, -0.2) is 13.4 Å². The zero-order valence-corrected chi connectivity index (χ0v) is 12.3. The Balaban J connectivity index is 2.03. The molecule has 0 N–H and O–H groups in total. The van der Waals surface area contributed by atoms with E-state index in [0.717, 1.165) is 4.34 Å². The van der Waals surface area contributed by atoms with Gasteiger partial charge >= 0.3 is 0 Å². The topological polar surface area (TPSA) is 70.8 Å². The van der Waals surface area contributed by atoms with E-state index in [1.165, 1.54) is 35.2 Å². The molecule has 0 fully saturated rings. The third-order valence-electron chi connectivity index (χ3n) is 2.31. The van der Waals surface area contributed by atoms with Crippen molar-refractivity contribution in [3.8, 4) is 6.07 Å². The highest BCUT2D eigenvalue weighted by molar-refractivity contribution is 8.02.